The smallest absolute Gasteiger partial charge is 0.477 e. The maximum absolute atomic E-state index is 13.2. The van der Waals surface area contributed by atoms with Gasteiger partial charge in [-0.1, -0.05) is 40.6 Å². The van der Waals surface area contributed by atoms with Gasteiger partial charge in [0, 0.05) is 96.4 Å². The van der Waals surface area contributed by atoms with Crippen LogP contribution in [0.1, 0.15) is 60.9 Å². The first-order chi connectivity index (χ1) is 30.0. The van der Waals surface area contributed by atoms with Crippen LogP contribution in [-0.4, -0.2) is 138 Å². The molecule has 5 heterocycles. The van der Waals surface area contributed by atoms with Crippen LogP contribution in [-0.2, 0) is 35.7 Å². The van der Waals surface area contributed by atoms with Crippen LogP contribution in [0.2, 0.25) is 0 Å². The van der Waals surface area contributed by atoms with Crippen molar-refractivity contribution in [3.63, 3.8) is 0 Å². The van der Waals surface area contributed by atoms with E-state index < -0.39 is 45.1 Å². The number of carbonyl (C=O) groups excluding carboxylic acids is 2. The Labute approximate surface area is 361 Å². The fraction of sp³-hybridized carbons (Fsp3) is 0.465. The maximum atomic E-state index is 13.2. The van der Waals surface area contributed by atoms with E-state index in [1.807, 2.05) is 11.0 Å². The highest BCUT2D eigenvalue weighted by Crippen LogP contribution is 2.37. The summed E-state index contributed by atoms with van der Waals surface area (Å²) in [6, 6.07) is 20.0. The van der Waals surface area contributed by atoms with E-state index >= 15 is 0 Å². The number of halogens is 4. The molecule has 0 bridgehead atoms. The van der Waals surface area contributed by atoms with Gasteiger partial charge in [0.15, 0.2) is 5.71 Å². The average molecular weight is 901 g/mol. The van der Waals surface area contributed by atoms with Crippen LogP contribution in [0, 0.1) is 5.82 Å². The van der Waals surface area contributed by atoms with E-state index in [1.54, 1.807) is 4.90 Å². The molecule has 20 heteroatoms. The number of sulfonamides is 1. The first-order valence-electron chi connectivity index (χ1n) is 20.7. The number of benzene rings is 3. The van der Waals surface area contributed by atoms with Gasteiger partial charge in [0.25, 0.3) is 11.8 Å². The molecular formula is C43H48F4N6O9S. The molecule has 3 saturated heterocycles. The van der Waals surface area contributed by atoms with Crippen LogP contribution in [0.4, 0.5) is 17.6 Å². The van der Waals surface area contributed by atoms with Gasteiger partial charge in [-0.2, -0.15) is 4.31 Å². The Morgan fingerprint density at radius 2 is 1.27 bits per heavy atom. The molecule has 1 N–H and O–H groups in total. The number of oxime groups is 2. The van der Waals surface area contributed by atoms with Gasteiger partial charge in [0.1, 0.15) is 28.5 Å². The number of likely N-dealkylation sites (tertiary alicyclic amines) is 1. The number of ether oxygens (including phenoxy) is 1. The number of rotatable bonds is 10. The third kappa shape index (κ3) is 11.3. The third-order valence-electron chi connectivity index (χ3n) is 12.0. The van der Waals surface area contributed by atoms with Crippen molar-refractivity contribution in [2.24, 2.45) is 10.3 Å². The molecule has 5 aliphatic heterocycles. The number of hydrogen-bond donors (Lipinski definition) is 1. The van der Waals surface area contributed by atoms with Crippen LogP contribution < -0.4 is 4.74 Å². The number of carbonyl (C=O) groups is 3. The molecule has 8 rings (SSSR count). The minimum absolute atomic E-state index is 0.0370. The predicted molar refractivity (Wildman–Crippen MR) is 220 cm³/mol. The Kier molecular flexibility index (Phi) is 13.7. The molecule has 0 saturated carbocycles. The fourth-order valence-corrected chi connectivity index (χ4v) is 9.75. The molecule has 0 atom stereocenters. The minimum atomic E-state index is -4.79. The lowest BCUT2D eigenvalue weighted by Gasteiger charge is -2.37. The molecule has 0 aromatic heterocycles. The summed E-state index contributed by atoms with van der Waals surface area (Å²) in [5.74, 6) is -2.40. The Bertz CT molecular complexity index is 2270. The van der Waals surface area contributed by atoms with Crippen molar-refractivity contribution in [3.05, 3.63) is 95.8 Å². The second-order valence-electron chi connectivity index (χ2n) is 16.2. The van der Waals surface area contributed by atoms with Crippen molar-refractivity contribution < 1.29 is 59.9 Å². The highest BCUT2D eigenvalue weighted by atomic mass is 32.2. The SMILES string of the molecule is O=C(C1=NOC2(CCN(S(=O)(=O)c3ccc(F)cc3)CC2)C1)N1CCN(CCCc2ccccc2)CC1.O=C(O)C1=NOC2(CCN(C(=O)c3ccc(OC(F)(F)F)cc3)CC2)C1. The number of hydrogen-bond acceptors (Lipinski definition) is 11. The van der Waals surface area contributed by atoms with Crippen LogP contribution in [0.25, 0.3) is 0 Å². The molecule has 2 spiro atoms. The molecule has 0 radical (unpaired) electrons. The Balaban J connectivity index is 0.000000201. The summed E-state index contributed by atoms with van der Waals surface area (Å²) in [6.07, 6.45) is -0.311. The van der Waals surface area contributed by atoms with E-state index in [-0.39, 0.29) is 47.5 Å². The quantitative estimate of drug-likeness (QED) is 0.263. The standard InChI is InChI=1S/C27H33FN4O4S.C16H15F3N2O5/c28-23-8-10-24(11-9-23)37(34,35)32-15-12-27(13-16-32)21-25(29-36-27)26(33)31-19-17-30(18-20-31)14-4-7-22-5-2-1-3-6-22;17-16(18,19)25-11-3-1-10(2-4-11)13(22)21-7-5-15(6-8-21)9-12(14(23)24)20-26-15/h1-3,5-6,8-11H,4,7,12-21H2;1-4H,5-9H2,(H,23,24). The van der Waals surface area contributed by atoms with Crippen molar-refractivity contribution in [2.45, 2.75) is 73.8 Å². The molecule has 63 heavy (non-hydrogen) atoms. The Morgan fingerprint density at radius 1 is 0.714 bits per heavy atom. The Hall–Kier alpha value is -5.60. The third-order valence-corrected chi connectivity index (χ3v) is 13.9. The summed E-state index contributed by atoms with van der Waals surface area (Å²) < 4.78 is 80.7. The van der Waals surface area contributed by atoms with Gasteiger partial charge in [0.05, 0.1) is 4.90 Å². The average Bonchev–Trinajstić information content (AvgIpc) is 3.89. The van der Waals surface area contributed by atoms with Gasteiger partial charge in [-0.25, -0.2) is 17.6 Å². The summed E-state index contributed by atoms with van der Waals surface area (Å²) in [4.78, 5) is 53.5. The summed E-state index contributed by atoms with van der Waals surface area (Å²) in [6.45, 7) is 5.23. The Morgan fingerprint density at radius 3 is 1.84 bits per heavy atom. The van der Waals surface area contributed by atoms with Gasteiger partial charge >= 0.3 is 12.3 Å². The number of aryl methyl sites for hydroxylation is 1. The van der Waals surface area contributed by atoms with E-state index in [1.165, 1.54) is 34.1 Å². The number of amides is 2. The number of nitrogens with zero attached hydrogens (tertiary/aromatic N) is 6. The molecule has 5 aliphatic rings. The van der Waals surface area contributed by atoms with Crippen LogP contribution in [0.3, 0.4) is 0 Å². The fourth-order valence-electron chi connectivity index (χ4n) is 8.31. The van der Waals surface area contributed by atoms with Crippen molar-refractivity contribution in [1.29, 1.82) is 0 Å². The lowest BCUT2D eigenvalue weighted by molar-refractivity contribution is -0.274. The lowest BCUT2D eigenvalue weighted by Crippen LogP contribution is -2.51. The summed E-state index contributed by atoms with van der Waals surface area (Å²) in [5.41, 5.74) is 0.639. The van der Waals surface area contributed by atoms with E-state index in [2.05, 4.69) is 44.2 Å². The maximum Gasteiger partial charge on any atom is 0.573 e. The highest BCUT2D eigenvalue weighted by molar-refractivity contribution is 7.89. The number of piperidine rings is 2. The zero-order valence-corrected chi connectivity index (χ0v) is 35.2. The molecular weight excluding hydrogens is 853 g/mol. The first kappa shape index (κ1) is 45.4. The molecule has 3 aromatic carbocycles. The largest absolute Gasteiger partial charge is 0.573 e. The van der Waals surface area contributed by atoms with Gasteiger partial charge < -0.3 is 29.3 Å². The van der Waals surface area contributed by atoms with Gasteiger partial charge in [-0.15, -0.1) is 13.2 Å². The molecule has 3 fully saturated rings. The van der Waals surface area contributed by atoms with E-state index in [9.17, 15) is 40.4 Å². The highest BCUT2D eigenvalue weighted by Gasteiger charge is 2.47. The number of alkyl halides is 3. The summed E-state index contributed by atoms with van der Waals surface area (Å²) in [7, 11) is -3.71. The first-order valence-corrected chi connectivity index (χ1v) is 22.2. The van der Waals surface area contributed by atoms with Crippen molar-refractivity contribution in [2.75, 3.05) is 58.9 Å². The second-order valence-corrected chi connectivity index (χ2v) is 18.2. The van der Waals surface area contributed by atoms with Crippen LogP contribution in [0.15, 0.2) is 94.1 Å². The lowest BCUT2D eigenvalue weighted by atomic mass is 9.86. The molecule has 3 aromatic rings. The molecule has 338 valence electrons. The van der Waals surface area contributed by atoms with Gasteiger partial charge in [-0.3, -0.25) is 14.5 Å². The van der Waals surface area contributed by atoms with Crippen LogP contribution in [0.5, 0.6) is 5.75 Å². The van der Waals surface area contributed by atoms with Gasteiger partial charge in [0.2, 0.25) is 10.0 Å². The van der Waals surface area contributed by atoms with E-state index in [0.29, 0.717) is 64.0 Å². The number of piperazine rings is 1. The normalized spacial score (nSPS) is 19.9. The van der Waals surface area contributed by atoms with Crippen LogP contribution >= 0.6 is 0 Å². The van der Waals surface area contributed by atoms with E-state index in [0.717, 1.165) is 56.7 Å². The molecule has 15 nitrogen and oxygen atoms in total. The van der Waals surface area contributed by atoms with Crippen molar-refractivity contribution in [1.82, 2.24) is 19.0 Å². The number of aliphatic carboxylic acids is 1. The predicted octanol–water partition coefficient (Wildman–Crippen LogP) is 5.32. The van der Waals surface area contributed by atoms with E-state index in [4.69, 9.17) is 14.8 Å². The topological polar surface area (TPSA) is 171 Å². The second kappa shape index (κ2) is 19.0. The van der Waals surface area contributed by atoms with Gasteiger partial charge in [-0.05, 0) is 73.5 Å². The summed E-state index contributed by atoms with van der Waals surface area (Å²) in [5, 5.41) is 16.7. The number of carboxylic acids is 1. The van der Waals surface area contributed by atoms with Crippen molar-refractivity contribution in [3.8, 4) is 5.75 Å². The van der Waals surface area contributed by atoms with Crippen molar-refractivity contribution >= 4 is 39.2 Å². The zero-order valence-electron chi connectivity index (χ0n) is 34.3. The molecule has 0 aliphatic carbocycles. The molecule has 0 unspecified atom stereocenters. The minimum Gasteiger partial charge on any atom is -0.477 e. The molecule has 2 amide bonds. The summed E-state index contributed by atoms with van der Waals surface area (Å²) >= 11 is 0. The monoisotopic (exact) mass is 900 g/mol. The zero-order chi connectivity index (χ0) is 44.8. The number of carboxylic acid groups (broad SMARTS) is 1.